The Balaban J connectivity index is 1.38. The van der Waals surface area contributed by atoms with Crippen LogP contribution < -0.4 is 10.5 Å². The molecule has 1 atom stereocenters. The van der Waals surface area contributed by atoms with E-state index in [1.807, 2.05) is 17.7 Å². The number of nitrogens with one attached hydrogen (secondary N) is 1. The Morgan fingerprint density at radius 3 is 2.88 bits per heavy atom. The molecule has 1 aliphatic heterocycles. The van der Waals surface area contributed by atoms with Crippen molar-refractivity contribution in [1.82, 2.24) is 29.3 Å². The number of carbonyl (C=O) groups is 1. The average Bonchev–Trinajstić information content (AvgIpc) is 3.47. The Bertz CT molecular complexity index is 1410. The monoisotopic (exact) mass is 453 g/mol. The van der Waals surface area contributed by atoms with E-state index in [0.29, 0.717) is 36.6 Å². The van der Waals surface area contributed by atoms with Crippen LogP contribution in [0.15, 0.2) is 41.7 Å². The van der Waals surface area contributed by atoms with Crippen LogP contribution in [0.5, 0.6) is 0 Å². The summed E-state index contributed by atoms with van der Waals surface area (Å²) in [5.74, 6) is -1.15. The van der Waals surface area contributed by atoms with Gasteiger partial charge in [0.1, 0.15) is 17.5 Å². The Morgan fingerprint density at radius 1 is 1.24 bits per heavy atom. The largest absolute Gasteiger partial charge is 0.318 e. The summed E-state index contributed by atoms with van der Waals surface area (Å²) in [7, 11) is 0. The van der Waals surface area contributed by atoms with Gasteiger partial charge in [0.15, 0.2) is 11.2 Å². The lowest BCUT2D eigenvalue weighted by Crippen LogP contribution is -2.26. The molecule has 0 bridgehead atoms. The number of amides is 1. The van der Waals surface area contributed by atoms with Gasteiger partial charge < -0.3 is 14.5 Å². The molecular weight excluding hydrogens is 432 g/mol. The van der Waals surface area contributed by atoms with Gasteiger partial charge in [0.2, 0.25) is 5.91 Å². The molecule has 5 rings (SSSR count). The fourth-order valence-electron chi connectivity index (χ4n) is 4.32. The van der Waals surface area contributed by atoms with E-state index < -0.39 is 11.6 Å². The molecule has 4 heterocycles. The van der Waals surface area contributed by atoms with Gasteiger partial charge in [-0.2, -0.15) is 5.10 Å². The number of imidazole rings is 1. The minimum atomic E-state index is -0.760. The van der Waals surface area contributed by atoms with Crippen LogP contribution in [0, 0.1) is 17.6 Å². The highest BCUT2D eigenvalue weighted by Crippen LogP contribution is 2.29. The molecule has 1 N–H and O–H groups in total. The maximum atomic E-state index is 14.1. The minimum Gasteiger partial charge on any atom is -0.318 e. The number of carbonyl (C=O) groups excluding carboxylic acids is 1. The number of fused-ring (bicyclic) bond motifs is 1. The highest BCUT2D eigenvalue weighted by Gasteiger charge is 2.32. The molecule has 1 aliphatic rings. The number of hydrogen-bond acceptors (Lipinski definition) is 5. The highest BCUT2D eigenvalue weighted by atomic mass is 19.1. The maximum absolute atomic E-state index is 14.1. The SMILES string of the molecule is CCCn1c(-c2cnn(CC3CC(=O)N(c4ccc(F)cc4F)C3)c2)nc2nc[nH]c(=O)c21. The van der Waals surface area contributed by atoms with Crippen LogP contribution in [0.4, 0.5) is 14.5 Å². The summed E-state index contributed by atoms with van der Waals surface area (Å²) in [6.45, 7) is 3.36. The molecule has 11 heteroatoms. The first-order valence-corrected chi connectivity index (χ1v) is 10.7. The van der Waals surface area contributed by atoms with Gasteiger partial charge >= 0.3 is 0 Å². The number of H-pyrrole nitrogens is 1. The first-order chi connectivity index (χ1) is 15.9. The van der Waals surface area contributed by atoms with E-state index in [-0.39, 0.29) is 29.5 Å². The van der Waals surface area contributed by atoms with Crippen LogP contribution in [-0.4, -0.2) is 41.8 Å². The van der Waals surface area contributed by atoms with E-state index in [1.165, 1.54) is 17.3 Å². The Kier molecular flexibility index (Phi) is 5.23. The number of benzene rings is 1. The van der Waals surface area contributed by atoms with Gasteiger partial charge in [0.25, 0.3) is 5.56 Å². The van der Waals surface area contributed by atoms with Crippen LogP contribution in [0.1, 0.15) is 19.8 Å². The number of anilines is 1. The van der Waals surface area contributed by atoms with Crippen LogP contribution in [0.3, 0.4) is 0 Å². The first kappa shape index (κ1) is 21.0. The fraction of sp³-hybridized carbons (Fsp3) is 0.318. The van der Waals surface area contributed by atoms with Gasteiger partial charge in [-0.25, -0.2) is 18.7 Å². The summed E-state index contributed by atoms with van der Waals surface area (Å²) in [5, 5.41) is 4.41. The number of aromatic amines is 1. The predicted octanol–water partition coefficient (Wildman–Crippen LogP) is 2.72. The van der Waals surface area contributed by atoms with Gasteiger partial charge in [0, 0.05) is 44.2 Å². The molecule has 33 heavy (non-hydrogen) atoms. The molecule has 4 aromatic rings. The second-order valence-corrected chi connectivity index (χ2v) is 8.11. The Hall–Kier alpha value is -3.89. The van der Waals surface area contributed by atoms with Crippen LogP contribution in [0.2, 0.25) is 0 Å². The second kappa shape index (κ2) is 8.23. The topological polar surface area (TPSA) is 102 Å². The smallest absolute Gasteiger partial charge is 0.276 e. The molecule has 0 aliphatic carbocycles. The lowest BCUT2D eigenvalue weighted by Gasteiger charge is -2.17. The van der Waals surface area contributed by atoms with E-state index in [4.69, 9.17) is 0 Å². The van der Waals surface area contributed by atoms with Gasteiger partial charge in [-0.1, -0.05) is 6.92 Å². The molecule has 9 nitrogen and oxygen atoms in total. The zero-order chi connectivity index (χ0) is 23.1. The summed E-state index contributed by atoms with van der Waals surface area (Å²) < 4.78 is 30.9. The summed E-state index contributed by atoms with van der Waals surface area (Å²) in [5.41, 5.74) is 1.34. The third kappa shape index (κ3) is 3.79. The summed E-state index contributed by atoms with van der Waals surface area (Å²) in [6.07, 6.45) is 5.84. The van der Waals surface area contributed by atoms with Crippen molar-refractivity contribution in [3.05, 3.63) is 58.9 Å². The van der Waals surface area contributed by atoms with Gasteiger partial charge in [0.05, 0.1) is 23.8 Å². The van der Waals surface area contributed by atoms with Gasteiger partial charge in [-0.15, -0.1) is 0 Å². The predicted molar refractivity (Wildman–Crippen MR) is 116 cm³/mol. The molecule has 1 fully saturated rings. The highest BCUT2D eigenvalue weighted by molar-refractivity contribution is 5.95. The van der Waals surface area contributed by atoms with Gasteiger partial charge in [-0.3, -0.25) is 14.3 Å². The fourth-order valence-corrected chi connectivity index (χ4v) is 4.32. The first-order valence-electron chi connectivity index (χ1n) is 10.7. The van der Waals surface area contributed by atoms with Crippen molar-refractivity contribution in [2.24, 2.45) is 5.92 Å². The lowest BCUT2D eigenvalue weighted by molar-refractivity contribution is -0.117. The second-order valence-electron chi connectivity index (χ2n) is 8.11. The number of rotatable bonds is 6. The Morgan fingerprint density at radius 2 is 2.09 bits per heavy atom. The van der Waals surface area contributed by atoms with E-state index in [2.05, 4.69) is 20.1 Å². The normalized spacial score (nSPS) is 16.3. The zero-order valence-electron chi connectivity index (χ0n) is 17.8. The molecular formula is C22H21F2N7O2. The van der Waals surface area contributed by atoms with Crippen molar-refractivity contribution < 1.29 is 13.6 Å². The van der Waals surface area contributed by atoms with E-state index >= 15 is 0 Å². The van der Waals surface area contributed by atoms with E-state index in [9.17, 15) is 18.4 Å². The molecule has 0 radical (unpaired) electrons. The maximum Gasteiger partial charge on any atom is 0.276 e. The molecule has 3 aromatic heterocycles. The minimum absolute atomic E-state index is 0.0797. The molecule has 1 saturated heterocycles. The molecule has 0 saturated carbocycles. The summed E-state index contributed by atoms with van der Waals surface area (Å²) in [6, 6.07) is 3.20. The van der Waals surface area contributed by atoms with Crippen LogP contribution in [0.25, 0.3) is 22.6 Å². The number of aromatic nitrogens is 6. The van der Waals surface area contributed by atoms with Crippen molar-refractivity contribution in [1.29, 1.82) is 0 Å². The average molecular weight is 453 g/mol. The third-order valence-corrected chi connectivity index (χ3v) is 5.74. The standard InChI is InChI=1S/C22H21F2N7O2/c1-2-5-30-19-20(25-12-26-22(19)33)28-21(30)14-8-27-29(11-14)9-13-6-18(32)31(10-13)17-4-3-15(23)7-16(17)24/h3-4,7-8,11-13H,2,5-6,9-10H2,1H3,(H,25,26,33). The molecule has 1 unspecified atom stereocenters. The number of halogens is 2. The Labute approximate surface area is 186 Å². The lowest BCUT2D eigenvalue weighted by atomic mass is 10.1. The summed E-state index contributed by atoms with van der Waals surface area (Å²) in [4.78, 5) is 37.4. The molecule has 170 valence electrons. The molecule has 1 amide bonds. The van der Waals surface area contributed by atoms with E-state index in [0.717, 1.165) is 24.1 Å². The number of aryl methyl sites for hydroxylation is 1. The summed E-state index contributed by atoms with van der Waals surface area (Å²) >= 11 is 0. The quantitative estimate of drug-likeness (QED) is 0.484. The van der Waals surface area contributed by atoms with E-state index in [1.54, 1.807) is 10.9 Å². The van der Waals surface area contributed by atoms with Crippen molar-refractivity contribution >= 4 is 22.8 Å². The molecule has 0 spiro atoms. The van der Waals surface area contributed by atoms with Crippen LogP contribution >= 0.6 is 0 Å². The van der Waals surface area contributed by atoms with Gasteiger partial charge in [-0.05, 0) is 18.6 Å². The van der Waals surface area contributed by atoms with Crippen molar-refractivity contribution in [2.75, 3.05) is 11.4 Å². The zero-order valence-corrected chi connectivity index (χ0v) is 17.8. The van der Waals surface area contributed by atoms with Crippen molar-refractivity contribution in [3.8, 4) is 11.4 Å². The van der Waals surface area contributed by atoms with Crippen LogP contribution in [-0.2, 0) is 17.9 Å². The van der Waals surface area contributed by atoms with Crippen molar-refractivity contribution in [2.45, 2.75) is 32.9 Å². The third-order valence-electron chi connectivity index (χ3n) is 5.74. The van der Waals surface area contributed by atoms with Crippen molar-refractivity contribution in [3.63, 3.8) is 0 Å². The number of nitrogens with zero attached hydrogens (tertiary/aromatic N) is 6. The molecule has 1 aromatic carbocycles. The number of hydrogen-bond donors (Lipinski definition) is 1.